The Bertz CT molecular complexity index is 366. The van der Waals surface area contributed by atoms with Crippen LogP contribution in [0.1, 0.15) is 24.8 Å². The number of nitrogens with zero attached hydrogens (tertiary/aromatic N) is 1. The van der Waals surface area contributed by atoms with Crippen LogP contribution in [0, 0.1) is 12.3 Å². The lowest BCUT2D eigenvalue weighted by Crippen LogP contribution is -2.36. The quantitative estimate of drug-likeness (QED) is 0.503. The number of thioether (sulfide) groups is 1. The summed E-state index contributed by atoms with van der Waals surface area (Å²) in [7, 11) is 0. The van der Waals surface area contributed by atoms with Crippen molar-refractivity contribution in [2.75, 3.05) is 18.8 Å². The van der Waals surface area contributed by atoms with Crippen molar-refractivity contribution in [2.45, 2.75) is 31.1 Å². The number of nitrogens with one attached hydrogen (secondary N) is 1. The Labute approximate surface area is 108 Å². The van der Waals surface area contributed by atoms with Gasteiger partial charge in [0.2, 0.25) is 0 Å². The number of likely N-dealkylation sites (tertiary alicyclic amines) is 1. The monoisotopic (exact) mass is 248 g/mol. The largest absolute Gasteiger partial charge is 0.360 e. The fourth-order valence-electron chi connectivity index (χ4n) is 2.04. The summed E-state index contributed by atoms with van der Waals surface area (Å²) >= 11 is 1.76. The molecule has 0 unspecified atom stereocenters. The molecule has 1 aliphatic rings. The van der Waals surface area contributed by atoms with Crippen molar-refractivity contribution in [3.63, 3.8) is 0 Å². The zero-order valence-corrected chi connectivity index (χ0v) is 11.2. The lowest BCUT2D eigenvalue weighted by atomic mass is 10.1. The number of aryl methyl sites for hydroxylation is 1. The van der Waals surface area contributed by atoms with Gasteiger partial charge in [-0.25, -0.2) is 0 Å². The Morgan fingerprint density at radius 1 is 1.18 bits per heavy atom. The van der Waals surface area contributed by atoms with Crippen LogP contribution in [0.4, 0.5) is 0 Å². The Morgan fingerprint density at radius 3 is 2.47 bits per heavy atom. The minimum Gasteiger partial charge on any atom is -0.360 e. The second-order valence-electron chi connectivity index (χ2n) is 4.60. The molecule has 17 heavy (non-hydrogen) atoms. The highest BCUT2D eigenvalue weighted by Crippen LogP contribution is 2.19. The first kappa shape index (κ1) is 12.5. The summed E-state index contributed by atoms with van der Waals surface area (Å²) in [4.78, 5) is 3.49. The Hall–Kier alpha value is -0.960. The van der Waals surface area contributed by atoms with E-state index in [1.165, 1.54) is 29.7 Å². The molecule has 1 fully saturated rings. The fraction of sp³-hybridized carbons (Fsp3) is 0.500. The molecular weight excluding hydrogens is 228 g/mol. The number of rotatable bonds is 3. The summed E-state index contributed by atoms with van der Waals surface area (Å²) in [5.74, 6) is 1.58. The average Bonchev–Trinajstić information content (AvgIpc) is 2.39. The van der Waals surface area contributed by atoms with Gasteiger partial charge in [-0.15, -0.1) is 11.8 Å². The van der Waals surface area contributed by atoms with Gasteiger partial charge in [-0.3, -0.25) is 5.41 Å². The van der Waals surface area contributed by atoms with E-state index in [0.717, 1.165) is 24.7 Å². The predicted octanol–water partition coefficient (Wildman–Crippen LogP) is 3.55. The van der Waals surface area contributed by atoms with Crippen LogP contribution in [-0.4, -0.2) is 29.6 Å². The van der Waals surface area contributed by atoms with Gasteiger partial charge in [-0.05, 0) is 38.3 Å². The first-order valence-electron chi connectivity index (χ1n) is 6.27. The maximum absolute atomic E-state index is 8.08. The molecule has 1 aromatic rings. The van der Waals surface area contributed by atoms with Crippen molar-refractivity contribution in [3.05, 3.63) is 29.8 Å². The molecule has 1 N–H and O–H groups in total. The maximum Gasteiger partial charge on any atom is 0.106 e. The topological polar surface area (TPSA) is 27.1 Å². The van der Waals surface area contributed by atoms with Crippen LogP contribution < -0.4 is 0 Å². The van der Waals surface area contributed by atoms with Crippen LogP contribution in [0.15, 0.2) is 29.2 Å². The van der Waals surface area contributed by atoms with Crippen molar-refractivity contribution in [1.29, 1.82) is 5.41 Å². The molecule has 2 nitrogen and oxygen atoms in total. The molecule has 0 spiro atoms. The van der Waals surface area contributed by atoms with Gasteiger partial charge in [0.1, 0.15) is 5.84 Å². The summed E-state index contributed by atoms with van der Waals surface area (Å²) in [6.45, 7) is 4.25. The third-order valence-electron chi connectivity index (χ3n) is 3.13. The average molecular weight is 248 g/mol. The fourth-order valence-corrected chi connectivity index (χ4v) is 2.86. The molecule has 1 heterocycles. The van der Waals surface area contributed by atoms with Gasteiger partial charge >= 0.3 is 0 Å². The highest BCUT2D eigenvalue weighted by molar-refractivity contribution is 8.00. The van der Waals surface area contributed by atoms with Gasteiger partial charge < -0.3 is 4.90 Å². The van der Waals surface area contributed by atoms with E-state index in [1.807, 2.05) is 0 Å². The SMILES string of the molecule is Cc1ccc(SCC(=N)N2CCCCC2)cc1. The van der Waals surface area contributed by atoms with Crippen LogP contribution >= 0.6 is 11.8 Å². The predicted molar refractivity (Wildman–Crippen MR) is 75.1 cm³/mol. The van der Waals surface area contributed by atoms with Gasteiger partial charge in [0.05, 0.1) is 5.75 Å². The van der Waals surface area contributed by atoms with E-state index < -0.39 is 0 Å². The Morgan fingerprint density at radius 2 is 1.82 bits per heavy atom. The van der Waals surface area contributed by atoms with E-state index in [2.05, 4.69) is 36.1 Å². The van der Waals surface area contributed by atoms with Crippen LogP contribution in [0.5, 0.6) is 0 Å². The van der Waals surface area contributed by atoms with Gasteiger partial charge in [0.15, 0.2) is 0 Å². The molecule has 0 atom stereocenters. The van der Waals surface area contributed by atoms with Crippen molar-refractivity contribution in [3.8, 4) is 0 Å². The van der Waals surface area contributed by atoms with E-state index in [0.29, 0.717) is 0 Å². The number of piperidine rings is 1. The summed E-state index contributed by atoms with van der Waals surface area (Å²) in [5.41, 5.74) is 1.29. The molecule has 1 aliphatic heterocycles. The van der Waals surface area contributed by atoms with Crippen molar-refractivity contribution in [1.82, 2.24) is 4.90 Å². The van der Waals surface area contributed by atoms with Gasteiger partial charge in [-0.2, -0.15) is 0 Å². The standard InChI is InChI=1S/C14H20N2S/c1-12-5-7-13(8-6-12)17-11-14(15)16-9-3-2-4-10-16/h5-8,15H,2-4,9-11H2,1H3. The van der Waals surface area contributed by atoms with E-state index in [4.69, 9.17) is 5.41 Å². The number of hydrogen-bond donors (Lipinski definition) is 1. The Balaban J connectivity index is 1.81. The molecule has 0 radical (unpaired) electrons. The molecular formula is C14H20N2S. The molecule has 0 amide bonds. The Kier molecular flexibility index (Phi) is 4.49. The molecule has 92 valence electrons. The summed E-state index contributed by atoms with van der Waals surface area (Å²) < 4.78 is 0. The smallest absolute Gasteiger partial charge is 0.106 e. The number of hydrogen-bond acceptors (Lipinski definition) is 2. The zero-order chi connectivity index (χ0) is 12.1. The van der Waals surface area contributed by atoms with Crippen LogP contribution in [0.2, 0.25) is 0 Å². The normalized spacial score (nSPS) is 15.9. The van der Waals surface area contributed by atoms with Crippen molar-refractivity contribution < 1.29 is 0 Å². The second kappa shape index (κ2) is 6.10. The maximum atomic E-state index is 8.08. The van der Waals surface area contributed by atoms with Gasteiger partial charge in [0, 0.05) is 18.0 Å². The third-order valence-corrected chi connectivity index (χ3v) is 4.16. The summed E-state index contributed by atoms with van der Waals surface area (Å²) in [6, 6.07) is 8.55. The van der Waals surface area contributed by atoms with Crippen LogP contribution in [-0.2, 0) is 0 Å². The molecule has 0 aliphatic carbocycles. The number of amidine groups is 1. The lowest BCUT2D eigenvalue weighted by Gasteiger charge is -2.28. The first-order chi connectivity index (χ1) is 8.25. The minimum atomic E-state index is 0.787. The lowest BCUT2D eigenvalue weighted by molar-refractivity contribution is 0.339. The van der Waals surface area contributed by atoms with E-state index in [1.54, 1.807) is 11.8 Å². The summed E-state index contributed by atoms with van der Waals surface area (Å²) in [5, 5.41) is 8.08. The second-order valence-corrected chi connectivity index (χ2v) is 5.64. The first-order valence-corrected chi connectivity index (χ1v) is 7.26. The molecule has 0 bridgehead atoms. The highest BCUT2D eigenvalue weighted by atomic mass is 32.2. The third kappa shape index (κ3) is 3.77. The van der Waals surface area contributed by atoms with Crippen molar-refractivity contribution >= 4 is 17.6 Å². The van der Waals surface area contributed by atoms with Crippen LogP contribution in [0.3, 0.4) is 0 Å². The molecule has 2 rings (SSSR count). The highest BCUT2D eigenvalue weighted by Gasteiger charge is 2.13. The van der Waals surface area contributed by atoms with E-state index in [-0.39, 0.29) is 0 Å². The molecule has 3 heteroatoms. The van der Waals surface area contributed by atoms with Gasteiger partial charge in [0.25, 0.3) is 0 Å². The minimum absolute atomic E-state index is 0.787. The van der Waals surface area contributed by atoms with Crippen molar-refractivity contribution in [2.24, 2.45) is 0 Å². The van der Waals surface area contributed by atoms with E-state index >= 15 is 0 Å². The van der Waals surface area contributed by atoms with E-state index in [9.17, 15) is 0 Å². The molecule has 0 saturated carbocycles. The van der Waals surface area contributed by atoms with Crippen LogP contribution in [0.25, 0.3) is 0 Å². The van der Waals surface area contributed by atoms with Gasteiger partial charge in [-0.1, -0.05) is 17.7 Å². The zero-order valence-electron chi connectivity index (χ0n) is 10.4. The number of benzene rings is 1. The summed E-state index contributed by atoms with van der Waals surface area (Å²) in [6.07, 6.45) is 3.82. The molecule has 1 aromatic carbocycles. The molecule has 0 aromatic heterocycles. The molecule has 1 saturated heterocycles.